The van der Waals surface area contributed by atoms with E-state index in [-0.39, 0.29) is 6.61 Å². The molecule has 0 aliphatic carbocycles. The molecule has 5 heteroatoms. The first-order valence-electron chi connectivity index (χ1n) is 7.16. The average molecular weight is 314 g/mol. The van der Waals surface area contributed by atoms with E-state index in [0.29, 0.717) is 6.54 Å². The van der Waals surface area contributed by atoms with Crippen LogP contribution in [0.3, 0.4) is 0 Å². The lowest BCUT2D eigenvalue weighted by Gasteiger charge is -2.14. The molecule has 4 nitrogen and oxygen atoms in total. The van der Waals surface area contributed by atoms with Gasteiger partial charge in [0.15, 0.2) is 0 Å². The van der Waals surface area contributed by atoms with E-state index in [2.05, 4.69) is 10.7 Å². The molecule has 2 heterocycles. The van der Waals surface area contributed by atoms with Crippen LogP contribution in [0.4, 0.5) is 0 Å². The quantitative estimate of drug-likeness (QED) is 0.734. The van der Waals surface area contributed by atoms with Gasteiger partial charge >= 0.3 is 0 Å². The molecular formula is C17H18N2O2S. The fraction of sp³-hybridized carbons (Fsp3) is 0.235. The average Bonchev–Trinajstić information content (AvgIpc) is 3.07. The Bertz CT molecular complexity index is 744. The third kappa shape index (κ3) is 3.27. The topological polar surface area (TPSA) is 54.4 Å². The van der Waals surface area contributed by atoms with Gasteiger partial charge in [-0.05, 0) is 30.6 Å². The molecule has 3 aromatic rings. The van der Waals surface area contributed by atoms with Crippen molar-refractivity contribution < 1.29 is 9.84 Å². The Labute approximate surface area is 133 Å². The zero-order valence-corrected chi connectivity index (χ0v) is 13.1. The number of aliphatic hydroxyl groups is 1. The Hall–Kier alpha value is -1.95. The number of aliphatic hydroxyl groups excluding tert-OH is 1. The highest BCUT2D eigenvalue weighted by atomic mass is 32.1. The summed E-state index contributed by atoms with van der Waals surface area (Å²) in [4.78, 5) is 4.69. The summed E-state index contributed by atoms with van der Waals surface area (Å²) in [5.41, 5.74) is 2.86. The van der Waals surface area contributed by atoms with E-state index >= 15 is 0 Å². The molecule has 2 N–H and O–H groups in total. The van der Waals surface area contributed by atoms with Gasteiger partial charge in [0.05, 0.1) is 11.2 Å². The maximum Gasteiger partial charge on any atom is 0.131 e. The van der Waals surface area contributed by atoms with Crippen molar-refractivity contribution in [3.63, 3.8) is 0 Å². The van der Waals surface area contributed by atoms with Crippen LogP contribution < -0.4 is 10.1 Å². The van der Waals surface area contributed by atoms with Crippen LogP contribution in [0.5, 0.6) is 5.75 Å². The highest BCUT2D eigenvalue weighted by molar-refractivity contribution is 7.08. The van der Waals surface area contributed by atoms with Crippen LogP contribution in [0.2, 0.25) is 0 Å². The number of hydrogen-bond donors (Lipinski definition) is 2. The number of pyridine rings is 1. The van der Waals surface area contributed by atoms with Crippen LogP contribution in [0.1, 0.15) is 0 Å². The molecule has 1 unspecified atom stereocenters. The number of aromatic nitrogens is 1. The summed E-state index contributed by atoms with van der Waals surface area (Å²) in [6, 6.07) is 11.9. The van der Waals surface area contributed by atoms with Gasteiger partial charge in [0.2, 0.25) is 0 Å². The molecular weight excluding hydrogens is 296 g/mol. The van der Waals surface area contributed by atoms with Crippen LogP contribution in [-0.2, 0) is 0 Å². The Morgan fingerprint density at radius 1 is 1.32 bits per heavy atom. The second-order valence-corrected chi connectivity index (χ2v) is 5.84. The minimum atomic E-state index is -0.540. The molecule has 1 aromatic carbocycles. The van der Waals surface area contributed by atoms with E-state index in [9.17, 15) is 5.11 Å². The molecule has 22 heavy (non-hydrogen) atoms. The van der Waals surface area contributed by atoms with Gasteiger partial charge in [0.1, 0.15) is 18.5 Å². The zero-order valence-electron chi connectivity index (χ0n) is 12.3. The van der Waals surface area contributed by atoms with Crippen molar-refractivity contribution in [1.29, 1.82) is 0 Å². The van der Waals surface area contributed by atoms with Gasteiger partial charge in [-0.15, -0.1) is 0 Å². The number of rotatable bonds is 6. The van der Waals surface area contributed by atoms with E-state index in [1.807, 2.05) is 41.8 Å². The number of benzene rings is 1. The van der Waals surface area contributed by atoms with Crippen LogP contribution in [0.25, 0.3) is 22.2 Å². The van der Waals surface area contributed by atoms with E-state index in [0.717, 1.165) is 27.9 Å². The predicted octanol–water partition coefficient (Wildman–Crippen LogP) is 2.92. The smallest absolute Gasteiger partial charge is 0.131 e. The van der Waals surface area contributed by atoms with Crippen molar-refractivity contribution >= 4 is 22.2 Å². The molecule has 1 atom stereocenters. The van der Waals surface area contributed by atoms with E-state index in [1.165, 1.54) is 0 Å². The van der Waals surface area contributed by atoms with Gasteiger partial charge < -0.3 is 15.2 Å². The maximum absolute atomic E-state index is 9.83. The molecule has 0 spiro atoms. The van der Waals surface area contributed by atoms with Crippen molar-refractivity contribution in [3.8, 4) is 17.0 Å². The summed E-state index contributed by atoms with van der Waals surface area (Å²) >= 11 is 1.64. The zero-order chi connectivity index (χ0) is 15.4. The van der Waals surface area contributed by atoms with Crippen LogP contribution in [0, 0.1) is 0 Å². The molecule has 0 saturated heterocycles. The lowest BCUT2D eigenvalue weighted by atomic mass is 10.1. The number of ether oxygens (including phenoxy) is 1. The molecule has 114 valence electrons. The van der Waals surface area contributed by atoms with Crippen LogP contribution >= 0.6 is 11.3 Å². The molecule has 0 aliphatic heterocycles. The molecule has 0 saturated carbocycles. The first-order valence-corrected chi connectivity index (χ1v) is 8.10. The lowest BCUT2D eigenvalue weighted by Crippen LogP contribution is -2.29. The Kier molecular flexibility index (Phi) is 4.68. The first kappa shape index (κ1) is 15.0. The van der Waals surface area contributed by atoms with Crippen molar-refractivity contribution in [2.24, 2.45) is 0 Å². The van der Waals surface area contributed by atoms with Crippen molar-refractivity contribution in [2.75, 3.05) is 20.2 Å². The third-order valence-electron chi connectivity index (χ3n) is 3.37. The van der Waals surface area contributed by atoms with Crippen LogP contribution in [0.15, 0.2) is 47.2 Å². The van der Waals surface area contributed by atoms with Gasteiger partial charge in [-0.1, -0.05) is 12.1 Å². The highest BCUT2D eigenvalue weighted by Gasteiger charge is 2.10. The second kappa shape index (κ2) is 6.87. The van der Waals surface area contributed by atoms with E-state index in [4.69, 9.17) is 9.72 Å². The number of thiophene rings is 1. The fourth-order valence-electron chi connectivity index (χ4n) is 2.30. The van der Waals surface area contributed by atoms with Gasteiger partial charge in [0, 0.05) is 28.9 Å². The van der Waals surface area contributed by atoms with Gasteiger partial charge in [-0.25, -0.2) is 4.98 Å². The first-order chi connectivity index (χ1) is 10.8. The number of hydrogen-bond acceptors (Lipinski definition) is 5. The predicted molar refractivity (Wildman–Crippen MR) is 90.5 cm³/mol. The molecule has 3 rings (SSSR count). The van der Waals surface area contributed by atoms with Gasteiger partial charge in [-0.3, -0.25) is 0 Å². The molecule has 0 bridgehead atoms. The summed E-state index contributed by atoms with van der Waals surface area (Å²) in [6.45, 7) is 0.748. The van der Waals surface area contributed by atoms with Gasteiger partial charge in [0.25, 0.3) is 0 Å². The normalized spacial score (nSPS) is 12.5. The molecule has 0 radical (unpaired) electrons. The van der Waals surface area contributed by atoms with E-state index < -0.39 is 6.10 Å². The molecule has 0 fully saturated rings. The number of fused-ring (bicyclic) bond motifs is 1. The third-order valence-corrected chi connectivity index (χ3v) is 4.05. The van der Waals surface area contributed by atoms with Crippen molar-refractivity contribution in [1.82, 2.24) is 10.3 Å². The Balaban J connectivity index is 1.96. The fourth-order valence-corrected chi connectivity index (χ4v) is 2.95. The van der Waals surface area contributed by atoms with Crippen LogP contribution in [-0.4, -0.2) is 36.4 Å². The second-order valence-electron chi connectivity index (χ2n) is 5.06. The van der Waals surface area contributed by atoms with Crippen molar-refractivity contribution in [3.05, 3.63) is 47.2 Å². The number of nitrogens with zero attached hydrogens (tertiary/aromatic N) is 1. The number of para-hydroxylation sites is 1. The Morgan fingerprint density at radius 2 is 2.18 bits per heavy atom. The largest absolute Gasteiger partial charge is 0.490 e. The summed E-state index contributed by atoms with van der Waals surface area (Å²) in [5.74, 6) is 0.752. The maximum atomic E-state index is 9.83. The molecule has 0 aliphatic rings. The Morgan fingerprint density at radius 3 is 2.95 bits per heavy atom. The van der Waals surface area contributed by atoms with Gasteiger partial charge in [-0.2, -0.15) is 11.3 Å². The summed E-state index contributed by atoms with van der Waals surface area (Å²) in [5, 5.41) is 17.8. The minimum Gasteiger partial charge on any atom is -0.490 e. The molecule has 0 amide bonds. The SMILES string of the molecule is CNCC(O)COc1cc(-c2ccsc2)nc2ccccc12. The summed E-state index contributed by atoms with van der Waals surface area (Å²) < 4.78 is 5.85. The lowest BCUT2D eigenvalue weighted by molar-refractivity contribution is 0.109. The molecule has 2 aromatic heterocycles. The standard InChI is InChI=1S/C17H18N2O2S/c1-18-9-13(20)10-21-17-8-16(12-6-7-22-11-12)19-15-5-3-2-4-14(15)17/h2-8,11,13,18,20H,9-10H2,1H3. The van der Waals surface area contributed by atoms with Crippen molar-refractivity contribution in [2.45, 2.75) is 6.10 Å². The number of nitrogens with one attached hydrogen (secondary N) is 1. The highest BCUT2D eigenvalue weighted by Crippen LogP contribution is 2.30. The minimum absolute atomic E-state index is 0.248. The van der Waals surface area contributed by atoms with E-state index in [1.54, 1.807) is 18.4 Å². The number of likely N-dealkylation sites (N-methyl/N-ethyl adjacent to an activating group) is 1. The summed E-state index contributed by atoms with van der Waals surface area (Å²) in [6.07, 6.45) is -0.540. The monoisotopic (exact) mass is 314 g/mol. The summed E-state index contributed by atoms with van der Waals surface area (Å²) in [7, 11) is 1.81.